The molecule has 1 unspecified atom stereocenters. The minimum Gasteiger partial charge on any atom is -0.313 e. The summed E-state index contributed by atoms with van der Waals surface area (Å²) in [5.41, 5.74) is 1.51. The van der Waals surface area contributed by atoms with Gasteiger partial charge in [-0.1, -0.05) is 23.7 Å². The summed E-state index contributed by atoms with van der Waals surface area (Å²) in [7, 11) is 1.77. The van der Waals surface area contributed by atoms with Crippen LogP contribution in [0, 0.1) is 11.6 Å². The molecule has 1 nitrogen and oxygen atoms in total. The predicted molar refractivity (Wildman–Crippen MR) is 73.3 cm³/mol. The maximum Gasteiger partial charge on any atom is 0.123 e. The molecule has 0 saturated heterocycles. The molecule has 0 spiro atoms. The van der Waals surface area contributed by atoms with Crippen molar-refractivity contribution in [1.82, 2.24) is 5.32 Å². The molecular weight excluding hydrogens is 268 g/mol. The van der Waals surface area contributed by atoms with Crippen molar-refractivity contribution < 1.29 is 8.78 Å². The Hall–Kier alpha value is -1.45. The highest BCUT2D eigenvalue weighted by Crippen LogP contribution is 2.26. The number of hydrogen-bond acceptors (Lipinski definition) is 1. The molecule has 0 aliphatic carbocycles. The zero-order valence-corrected chi connectivity index (χ0v) is 11.2. The van der Waals surface area contributed by atoms with Crippen molar-refractivity contribution in [1.29, 1.82) is 0 Å². The van der Waals surface area contributed by atoms with Gasteiger partial charge in [0.25, 0.3) is 0 Å². The first kappa shape index (κ1) is 14.0. The number of rotatable bonds is 4. The van der Waals surface area contributed by atoms with Crippen LogP contribution in [0.2, 0.25) is 5.02 Å². The van der Waals surface area contributed by atoms with Gasteiger partial charge in [-0.2, -0.15) is 0 Å². The average Bonchev–Trinajstić information content (AvgIpc) is 2.39. The third-order valence-corrected chi connectivity index (χ3v) is 3.35. The third kappa shape index (κ3) is 3.52. The second-order valence-corrected chi connectivity index (χ2v) is 4.75. The van der Waals surface area contributed by atoms with E-state index >= 15 is 0 Å². The van der Waals surface area contributed by atoms with Gasteiger partial charge in [0.05, 0.1) is 0 Å². The van der Waals surface area contributed by atoms with E-state index in [0.29, 0.717) is 17.0 Å². The summed E-state index contributed by atoms with van der Waals surface area (Å²) in [6, 6.07) is 10.5. The summed E-state index contributed by atoms with van der Waals surface area (Å²) in [5.74, 6) is -0.614. The van der Waals surface area contributed by atoms with E-state index in [0.717, 1.165) is 5.56 Å². The molecule has 0 aliphatic heterocycles. The van der Waals surface area contributed by atoms with Crippen LogP contribution in [0.3, 0.4) is 0 Å². The van der Waals surface area contributed by atoms with Crippen LogP contribution in [-0.4, -0.2) is 7.05 Å². The van der Waals surface area contributed by atoms with Crippen LogP contribution < -0.4 is 5.32 Å². The summed E-state index contributed by atoms with van der Waals surface area (Å²) in [5, 5.41) is 3.58. The Labute approximate surface area is 116 Å². The largest absolute Gasteiger partial charge is 0.313 e. The lowest BCUT2D eigenvalue weighted by atomic mass is 9.99. The molecule has 100 valence electrons. The lowest BCUT2D eigenvalue weighted by molar-refractivity contribution is 0.573. The molecule has 0 heterocycles. The number of benzene rings is 2. The highest BCUT2D eigenvalue weighted by molar-refractivity contribution is 6.31. The molecule has 2 aromatic rings. The fourth-order valence-electron chi connectivity index (χ4n) is 2.05. The number of halogens is 3. The maximum atomic E-state index is 13.3. The number of likely N-dealkylation sites (N-methyl/N-ethyl adjacent to an activating group) is 1. The van der Waals surface area contributed by atoms with Gasteiger partial charge in [-0.3, -0.25) is 0 Å². The normalized spacial score (nSPS) is 12.4. The molecule has 0 amide bonds. The van der Waals surface area contributed by atoms with Gasteiger partial charge < -0.3 is 5.32 Å². The van der Waals surface area contributed by atoms with Crippen molar-refractivity contribution in [3.05, 3.63) is 70.2 Å². The molecule has 0 aliphatic rings. The Morgan fingerprint density at radius 1 is 1.11 bits per heavy atom. The molecule has 2 rings (SSSR count). The fraction of sp³-hybridized carbons (Fsp3) is 0.200. The van der Waals surface area contributed by atoms with Crippen LogP contribution in [0.25, 0.3) is 0 Å². The van der Waals surface area contributed by atoms with Crippen LogP contribution in [0.5, 0.6) is 0 Å². The molecule has 2 aromatic carbocycles. The number of nitrogens with one attached hydrogen (secondary N) is 1. The Bertz CT molecular complexity index is 572. The third-order valence-electron chi connectivity index (χ3n) is 3.01. The molecule has 0 aromatic heterocycles. The summed E-state index contributed by atoms with van der Waals surface area (Å²) < 4.78 is 26.5. The highest BCUT2D eigenvalue weighted by atomic mass is 35.5. The van der Waals surface area contributed by atoms with Gasteiger partial charge in [-0.15, -0.1) is 0 Å². The van der Waals surface area contributed by atoms with Gasteiger partial charge in [0.1, 0.15) is 11.6 Å². The Kier molecular flexibility index (Phi) is 4.51. The molecule has 0 saturated carbocycles. The Morgan fingerprint density at radius 2 is 1.84 bits per heavy atom. The number of hydrogen-bond donors (Lipinski definition) is 1. The van der Waals surface area contributed by atoms with E-state index in [1.54, 1.807) is 13.1 Å². The molecular formula is C15H14ClF2N. The Balaban J connectivity index is 2.27. The maximum absolute atomic E-state index is 13.3. The van der Waals surface area contributed by atoms with E-state index in [-0.39, 0.29) is 17.7 Å². The van der Waals surface area contributed by atoms with Crippen LogP contribution >= 0.6 is 11.6 Å². The quantitative estimate of drug-likeness (QED) is 0.889. The van der Waals surface area contributed by atoms with Gasteiger partial charge in [0.2, 0.25) is 0 Å². The SMILES string of the molecule is CNC(Cc1cccc(F)c1)c1cc(F)ccc1Cl. The van der Waals surface area contributed by atoms with Gasteiger partial charge in [-0.25, -0.2) is 8.78 Å². The average molecular weight is 282 g/mol. The first-order valence-corrected chi connectivity index (χ1v) is 6.34. The van der Waals surface area contributed by atoms with Crippen molar-refractivity contribution in [2.24, 2.45) is 0 Å². The topological polar surface area (TPSA) is 12.0 Å². The van der Waals surface area contributed by atoms with Gasteiger partial charge in [-0.05, 0) is 54.9 Å². The first-order chi connectivity index (χ1) is 9.10. The van der Waals surface area contributed by atoms with E-state index in [1.807, 2.05) is 6.07 Å². The van der Waals surface area contributed by atoms with Crippen molar-refractivity contribution in [2.75, 3.05) is 7.05 Å². The smallest absolute Gasteiger partial charge is 0.123 e. The van der Waals surface area contributed by atoms with Crippen LogP contribution in [0.4, 0.5) is 8.78 Å². The van der Waals surface area contributed by atoms with Crippen LogP contribution in [0.1, 0.15) is 17.2 Å². The predicted octanol–water partition coefficient (Wildman–Crippen LogP) is 4.12. The van der Waals surface area contributed by atoms with Crippen molar-refractivity contribution in [2.45, 2.75) is 12.5 Å². The summed E-state index contributed by atoms with van der Waals surface area (Å²) in [6.07, 6.45) is 0.539. The van der Waals surface area contributed by atoms with Crippen molar-refractivity contribution in [3.63, 3.8) is 0 Å². The summed E-state index contributed by atoms with van der Waals surface area (Å²) in [4.78, 5) is 0. The van der Waals surface area contributed by atoms with E-state index in [1.165, 1.54) is 30.3 Å². The lowest BCUT2D eigenvalue weighted by Gasteiger charge is -2.18. The van der Waals surface area contributed by atoms with E-state index in [2.05, 4.69) is 5.32 Å². The molecule has 1 atom stereocenters. The highest BCUT2D eigenvalue weighted by Gasteiger charge is 2.14. The lowest BCUT2D eigenvalue weighted by Crippen LogP contribution is -2.19. The van der Waals surface area contributed by atoms with Crippen molar-refractivity contribution in [3.8, 4) is 0 Å². The molecule has 1 N–H and O–H groups in total. The van der Waals surface area contributed by atoms with Gasteiger partial charge >= 0.3 is 0 Å². The van der Waals surface area contributed by atoms with Crippen LogP contribution in [0.15, 0.2) is 42.5 Å². The molecule has 0 fully saturated rings. The van der Waals surface area contributed by atoms with Crippen molar-refractivity contribution >= 4 is 11.6 Å². The Morgan fingerprint density at radius 3 is 2.53 bits per heavy atom. The van der Waals surface area contributed by atoms with Gasteiger partial charge in [0, 0.05) is 11.1 Å². The minimum absolute atomic E-state index is 0.162. The fourth-order valence-corrected chi connectivity index (χ4v) is 2.30. The zero-order chi connectivity index (χ0) is 13.8. The van der Waals surface area contributed by atoms with E-state index in [9.17, 15) is 8.78 Å². The molecule has 0 bridgehead atoms. The summed E-state index contributed by atoms with van der Waals surface area (Å²) >= 11 is 6.09. The summed E-state index contributed by atoms with van der Waals surface area (Å²) in [6.45, 7) is 0. The first-order valence-electron chi connectivity index (χ1n) is 5.97. The second kappa shape index (κ2) is 6.13. The van der Waals surface area contributed by atoms with Crippen LogP contribution in [-0.2, 0) is 6.42 Å². The van der Waals surface area contributed by atoms with E-state index in [4.69, 9.17) is 11.6 Å². The second-order valence-electron chi connectivity index (χ2n) is 4.34. The molecule has 0 radical (unpaired) electrons. The zero-order valence-electron chi connectivity index (χ0n) is 10.5. The van der Waals surface area contributed by atoms with Gasteiger partial charge in [0.15, 0.2) is 0 Å². The standard InChI is InChI=1S/C15H14ClF2N/c1-19-15(8-10-3-2-4-11(17)7-10)13-9-12(18)5-6-14(13)16/h2-7,9,15,19H,8H2,1H3. The van der Waals surface area contributed by atoms with E-state index < -0.39 is 0 Å². The minimum atomic E-state index is -0.334. The molecule has 19 heavy (non-hydrogen) atoms. The monoisotopic (exact) mass is 281 g/mol. The molecule has 4 heteroatoms.